The van der Waals surface area contributed by atoms with E-state index in [2.05, 4.69) is 120 Å². The Labute approximate surface area is 239 Å². The number of benzene rings is 5. The molecule has 40 heavy (non-hydrogen) atoms. The Balaban J connectivity index is 1.64. The largest absolute Gasteiger partial charge is 0.454 e. The third kappa shape index (κ3) is 5.30. The highest BCUT2D eigenvalue weighted by atomic mass is 32.2. The topological polar surface area (TPSA) is 47.6 Å². The lowest BCUT2D eigenvalue weighted by atomic mass is 9.94. The standard InChI is InChI=1S/C34H32NO3PS/c1-34(2,3)40(36)35-33(28-20-12-14-24-13-10-11-19-27(24)28)29-21-30-31(38-23-37-30)22-32(29)39(25-15-6-4-7-16-25)26-17-8-5-9-18-26/h4-22,33,35H,23H2,1-3H3. The summed E-state index contributed by atoms with van der Waals surface area (Å²) in [4.78, 5) is 0. The van der Waals surface area contributed by atoms with Crippen molar-refractivity contribution in [2.75, 3.05) is 6.79 Å². The lowest BCUT2D eigenvalue weighted by Gasteiger charge is -2.30. The molecule has 0 saturated carbocycles. The van der Waals surface area contributed by atoms with Crippen molar-refractivity contribution in [2.24, 2.45) is 0 Å². The number of fused-ring (bicyclic) bond motifs is 2. The number of nitrogens with one attached hydrogen (secondary N) is 1. The van der Waals surface area contributed by atoms with E-state index in [1.807, 2.05) is 20.8 Å². The van der Waals surface area contributed by atoms with Crippen molar-refractivity contribution in [2.45, 2.75) is 31.6 Å². The van der Waals surface area contributed by atoms with E-state index in [-0.39, 0.29) is 12.8 Å². The second kappa shape index (κ2) is 11.2. The van der Waals surface area contributed by atoms with E-state index < -0.39 is 23.7 Å². The Morgan fingerprint density at radius 1 is 0.725 bits per heavy atom. The molecule has 6 rings (SSSR count). The van der Waals surface area contributed by atoms with Crippen molar-refractivity contribution in [3.05, 3.63) is 126 Å². The summed E-state index contributed by atoms with van der Waals surface area (Å²) in [6, 6.07) is 39.9. The number of hydrogen-bond donors (Lipinski definition) is 1. The van der Waals surface area contributed by atoms with Crippen molar-refractivity contribution < 1.29 is 13.7 Å². The zero-order valence-electron chi connectivity index (χ0n) is 22.8. The van der Waals surface area contributed by atoms with Gasteiger partial charge in [-0.05, 0) is 78.6 Å². The highest BCUT2D eigenvalue weighted by molar-refractivity contribution is 7.84. The van der Waals surface area contributed by atoms with Crippen molar-refractivity contribution >= 4 is 45.6 Å². The van der Waals surface area contributed by atoms with Crippen molar-refractivity contribution in [3.8, 4) is 11.5 Å². The van der Waals surface area contributed by atoms with Gasteiger partial charge in [-0.15, -0.1) is 0 Å². The first-order valence-electron chi connectivity index (χ1n) is 13.4. The summed E-state index contributed by atoms with van der Waals surface area (Å²) in [5.74, 6) is 1.45. The van der Waals surface area contributed by atoms with Gasteiger partial charge in [0.1, 0.15) is 0 Å². The van der Waals surface area contributed by atoms with E-state index in [1.54, 1.807) is 0 Å². The first kappa shape index (κ1) is 26.7. The maximum Gasteiger partial charge on any atom is 0.231 e. The molecule has 202 valence electrons. The molecule has 1 heterocycles. The quantitative estimate of drug-likeness (QED) is 0.230. The predicted octanol–water partition coefficient (Wildman–Crippen LogP) is 6.47. The molecular formula is C34H32NO3PS. The van der Waals surface area contributed by atoms with Crippen LogP contribution in [0.2, 0.25) is 0 Å². The lowest BCUT2D eigenvalue weighted by molar-refractivity contribution is 0.174. The second-order valence-corrected chi connectivity index (χ2v) is 15.0. The summed E-state index contributed by atoms with van der Waals surface area (Å²) in [5.41, 5.74) is 2.11. The Kier molecular flexibility index (Phi) is 7.46. The Morgan fingerprint density at radius 3 is 1.95 bits per heavy atom. The monoisotopic (exact) mass is 565 g/mol. The average Bonchev–Trinajstić information content (AvgIpc) is 3.44. The maximum absolute atomic E-state index is 13.8. The third-order valence-corrected chi connectivity index (χ3v) is 11.1. The summed E-state index contributed by atoms with van der Waals surface area (Å²) >= 11 is 0. The van der Waals surface area contributed by atoms with Crippen LogP contribution in [0.15, 0.2) is 115 Å². The van der Waals surface area contributed by atoms with Gasteiger partial charge < -0.3 is 9.47 Å². The van der Waals surface area contributed by atoms with Gasteiger partial charge in [0.2, 0.25) is 6.79 Å². The van der Waals surface area contributed by atoms with Crippen molar-refractivity contribution in [1.82, 2.24) is 4.72 Å². The van der Waals surface area contributed by atoms with Gasteiger partial charge in [0.25, 0.3) is 0 Å². The van der Waals surface area contributed by atoms with E-state index in [1.165, 1.54) is 10.6 Å². The van der Waals surface area contributed by atoms with Crippen LogP contribution in [-0.2, 0) is 11.0 Å². The van der Waals surface area contributed by atoms with Crippen LogP contribution in [0, 0.1) is 0 Å². The van der Waals surface area contributed by atoms with Crippen molar-refractivity contribution in [1.29, 1.82) is 0 Å². The zero-order chi connectivity index (χ0) is 27.7. The highest BCUT2D eigenvalue weighted by Gasteiger charge is 2.32. The van der Waals surface area contributed by atoms with Crippen LogP contribution < -0.4 is 30.1 Å². The van der Waals surface area contributed by atoms with Crippen molar-refractivity contribution in [3.63, 3.8) is 0 Å². The van der Waals surface area contributed by atoms with Gasteiger partial charge >= 0.3 is 0 Å². The Hall–Kier alpha value is -3.50. The number of hydrogen-bond acceptors (Lipinski definition) is 3. The maximum atomic E-state index is 13.8. The minimum atomic E-state index is -1.33. The van der Waals surface area contributed by atoms with Crippen LogP contribution in [0.25, 0.3) is 10.8 Å². The SMILES string of the molecule is CC(C)(C)S(=O)NC(c1cc2c(cc1P(c1ccccc1)c1ccccc1)OCO2)c1cccc2ccccc12. The molecule has 0 bridgehead atoms. The number of rotatable bonds is 7. The van der Waals surface area contributed by atoms with E-state index in [4.69, 9.17) is 9.47 Å². The zero-order valence-corrected chi connectivity index (χ0v) is 24.5. The van der Waals surface area contributed by atoms with Gasteiger partial charge in [-0.1, -0.05) is 103 Å². The van der Waals surface area contributed by atoms with Gasteiger partial charge in [0.15, 0.2) is 11.5 Å². The molecule has 0 aliphatic carbocycles. The van der Waals surface area contributed by atoms with Gasteiger partial charge in [0, 0.05) is 0 Å². The molecule has 0 amide bonds. The van der Waals surface area contributed by atoms with Crippen LogP contribution in [0.3, 0.4) is 0 Å². The summed E-state index contributed by atoms with van der Waals surface area (Å²) in [6.07, 6.45) is 0. The molecule has 2 unspecified atom stereocenters. The third-order valence-electron chi connectivity index (χ3n) is 7.02. The second-order valence-electron chi connectivity index (χ2n) is 10.8. The first-order valence-corrected chi connectivity index (χ1v) is 15.9. The van der Waals surface area contributed by atoms with Gasteiger partial charge in [0.05, 0.1) is 21.8 Å². The molecular weight excluding hydrogens is 533 g/mol. The molecule has 0 saturated heterocycles. The predicted molar refractivity (Wildman–Crippen MR) is 168 cm³/mol. The molecule has 6 heteroatoms. The minimum absolute atomic E-state index is 0.188. The first-order chi connectivity index (χ1) is 19.4. The fourth-order valence-corrected chi connectivity index (χ4v) is 8.35. The molecule has 1 N–H and O–H groups in total. The fraction of sp³-hybridized carbons (Fsp3) is 0.176. The molecule has 2 atom stereocenters. The molecule has 0 fully saturated rings. The fourth-order valence-electron chi connectivity index (χ4n) is 5.03. The van der Waals surface area contributed by atoms with Gasteiger partial charge in [-0.25, -0.2) is 8.93 Å². The molecule has 0 spiro atoms. The molecule has 5 aromatic rings. The minimum Gasteiger partial charge on any atom is -0.454 e. The summed E-state index contributed by atoms with van der Waals surface area (Å²) in [5, 5.41) is 5.88. The number of ether oxygens (including phenoxy) is 2. The van der Waals surface area contributed by atoms with Crippen LogP contribution in [0.4, 0.5) is 0 Å². The van der Waals surface area contributed by atoms with Crippen LogP contribution in [-0.4, -0.2) is 15.7 Å². The smallest absolute Gasteiger partial charge is 0.231 e. The molecule has 0 aromatic heterocycles. The molecule has 4 nitrogen and oxygen atoms in total. The molecule has 5 aromatic carbocycles. The normalized spacial score (nSPS) is 14.4. The van der Waals surface area contributed by atoms with Gasteiger partial charge in [-0.2, -0.15) is 0 Å². The van der Waals surface area contributed by atoms with Gasteiger partial charge in [-0.3, -0.25) is 0 Å². The lowest BCUT2D eigenvalue weighted by Crippen LogP contribution is -2.38. The molecule has 1 aliphatic heterocycles. The molecule has 1 aliphatic rings. The summed E-state index contributed by atoms with van der Waals surface area (Å²) in [7, 11) is -2.30. The summed E-state index contributed by atoms with van der Waals surface area (Å²) < 4.78 is 28.7. The average molecular weight is 566 g/mol. The van der Waals surface area contributed by atoms with E-state index >= 15 is 0 Å². The molecule has 0 radical (unpaired) electrons. The van der Waals surface area contributed by atoms with E-state index in [0.29, 0.717) is 5.75 Å². The van der Waals surface area contributed by atoms with Crippen LogP contribution >= 0.6 is 7.92 Å². The highest BCUT2D eigenvalue weighted by Crippen LogP contribution is 2.43. The van der Waals surface area contributed by atoms with E-state index in [0.717, 1.165) is 33.0 Å². The summed E-state index contributed by atoms with van der Waals surface area (Å²) in [6.45, 7) is 6.18. The van der Waals surface area contributed by atoms with Crippen LogP contribution in [0.1, 0.15) is 37.9 Å². The van der Waals surface area contributed by atoms with E-state index in [9.17, 15) is 4.21 Å². The van der Waals surface area contributed by atoms with Crippen LogP contribution in [0.5, 0.6) is 11.5 Å². The Bertz CT molecular complexity index is 1620. The Morgan fingerprint density at radius 2 is 1.30 bits per heavy atom.